The maximum atomic E-state index is 13.1. The second-order valence-corrected chi connectivity index (χ2v) is 11.3. The second kappa shape index (κ2) is 11.4. The Hall–Kier alpha value is -2.31. The van der Waals surface area contributed by atoms with Gasteiger partial charge in [-0.05, 0) is 41.9 Å². The predicted molar refractivity (Wildman–Crippen MR) is 143 cm³/mol. The summed E-state index contributed by atoms with van der Waals surface area (Å²) in [6, 6.07) is 14.3. The number of hydrogen-bond donors (Lipinski definition) is 1. The summed E-state index contributed by atoms with van der Waals surface area (Å²) < 4.78 is 12.1. The Morgan fingerprint density at radius 2 is 1.59 bits per heavy atom. The van der Waals surface area contributed by atoms with Crippen molar-refractivity contribution in [3.05, 3.63) is 53.6 Å². The molecule has 1 saturated heterocycles. The van der Waals surface area contributed by atoms with Gasteiger partial charge in [-0.1, -0.05) is 77.4 Å². The van der Waals surface area contributed by atoms with Crippen LogP contribution in [0, 0.1) is 24.2 Å². The first-order chi connectivity index (χ1) is 16.0. The number of anilines is 2. The van der Waals surface area contributed by atoms with Crippen molar-refractivity contribution in [2.24, 2.45) is 17.3 Å². The standard InChI is InChI=1S/C28H41BN2O3/c1-20(2)16-31(17-21(3)4)26-13-12-24(29-33-18-28(6,7)19-34-29)15-25(26)30-27(32)14-23-10-8-22(5)9-11-23/h8-13,15,20-21H,14,16-19H2,1-7H3,(H,30,32). The summed E-state index contributed by atoms with van der Waals surface area (Å²) in [4.78, 5) is 15.4. The third kappa shape index (κ3) is 7.61. The third-order valence-electron chi connectivity index (χ3n) is 5.81. The summed E-state index contributed by atoms with van der Waals surface area (Å²) in [5, 5.41) is 3.20. The van der Waals surface area contributed by atoms with Crippen LogP contribution >= 0.6 is 0 Å². The van der Waals surface area contributed by atoms with Gasteiger partial charge < -0.3 is 19.5 Å². The lowest BCUT2D eigenvalue weighted by Crippen LogP contribution is -2.47. The Balaban J connectivity index is 1.89. The molecule has 1 fully saturated rings. The van der Waals surface area contributed by atoms with E-state index in [1.807, 2.05) is 30.3 Å². The molecular weight excluding hydrogens is 423 g/mol. The highest BCUT2D eigenvalue weighted by atomic mass is 16.6. The Kier molecular flexibility index (Phi) is 8.83. The third-order valence-corrected chi connectivity index (χ3v) is 5.81. The summed E-state index contributed by atoms with van der Waals surface area (Å²) in [7, 11) is -0.418. The molecule has 6 heteroatoms. The van der Waals surface area contributed by atoms with Crippen LogP contribution in [-0.4, -0.2) is 39.3 Å². The molecule has 2 aromatic carbocycles. The zero-order valence-electron chi connectivity index (χ0n) is 22.0. The van der Waals surface area contributed by atoms with Gasteiger partial charge in [0.2, 0.25) is 5.91 Å². The fraction of sp³-hybridized carbons (Fsp3) is 0.536. The van der Waals surface area contributed by atoms with Crippen LogP contribution in [0.1, 0.15) is 52.7 Å². The van der Waals surface area contributed by atoms with Gasteiger partial charge in [-0.2, -0.15) is 0 Å². The van der Waals surface area contributed by atoms with Crippen LogP contribution < -0.4 is 15.7 Å². The predicted octanol–water partition coefficient (Wildman–Crippen LogP) is 5.06. The molecule has 1 amide bonds. The number of carbonyl (C=O) groups excluding carboxylic acids is 1. The molecule has 1 aliphatic heterocycles. The number of hydrogen-bond acceptors (Lipinski definition) is 4. The van der Waals surface area contributed by atoms with Crippen molar-refractivity contribution < 1.29 is 14.1 Å². The lowest BCUT2D eigenvalue weighted by Gasteiger charge is -2.34. The van der Waals surface area contributed by atoms with Crippen molar-refractivity contribution in [3.63, 3.8) is 0 Å². The van der Waals surface area contributed by atoms with Crippen LogP contribution in [0.25, 0.3) is 0 Å². The molecule has 1 N–H and O–H groups in total. The van der Waals surface area contributed by atoms with E-state index in [2.05, 4.69) is 70.8 Å². The molecule has 1 heterocycles. The zero-order chi connectivity index (χ0) is 24.9. The fourth-order valence-electron chi connectivity index (χ4n) is 4.20. The van der Waals surface area contributed by atoms with Gasteiger partial charge in [-0.15, -0.1) is 0 Å². The molecule has 0 atom stereocenters. The van der Waals surface area contributed by atoms with Crippen molar-refractivity contribution in [2.45, 2.75) is 54.9 Å². The molecular formula is C28H41BN2O3. The number of nitrogens with zero attached hydrogens (tertiary/aromatic N) is 1. The summed E-state index contributed by atoms with van der Waals surface area (Å²) >= 11 is 0. The molecule has 0 radical (unpaired) electrons. The SMILES string of the molecule is Cc1ccc(CC(=O)Nc2cc(B3OCC(C)(C)CO3)ccc2N(CC(C)C)CC(C)C)cc1. The van der Waals surface area contributed by atoms with Crippen LogP contribution in [0.15, 0.2) is 42.5 Å². The van der Waals surface area contributed by atoms with Crippen LogP contribution in [0.2, 0.25) is 0 Å². The molecule has 2 aromatic rings. The summed E-state index contributed by atoms with van der Waals surface area (Å²) in [6.07, 6.45) is 0.336. The van der Waals surface area contributed by atoms with Crippen molar-refractivity contribution in [3.8, 4) is 0 Å². The first-order valence-electron chi connectivity index (χ1n) is 12.5. The van der Waals surface area contributed by atoms with Crippen molar-refractivity contribution >= 4 is 29.9 Å². The number of rotatable bonds is 9. The molecule has 0 aliphatic carbocycles. The molecule has 3 rings (SSSR count). The summed E-state index contributed by atoms with van der Waals surface area (Å²) in [5.74, 6) is 0.978. The number of benzene rings is 2. The Morgan fingerprint density at radius 1 is 1.00 bits per heavy atom. The Labute approximate surface area is 206 Å². The van der Waals surface area contributed by atoms with Crippen molar-refractivity contribution in [2.75, 3.05) is 36.5 Å². The minimum absolute atomic E-state index is 0.00680. The summed E-state index contributed by atoms with van der Waals surface area (Å²) in [5.41, 5.74) is 4.98. The second-order valence-electron chi connectivity index (χ2n) is 11.3. The molecule has 0 aromatic heterocycles. The Morgan fingerprint density at radius 3 is 2.15 bits per heavy atom. The minimum Gasteiger partial charge on any atom is -0.407 e. The average Bonchev–Trinajstić information content (AvgIpc) is 2.74. The zero-order valence-corrected chi connectivity index (χ0v) is 22.0. The Bertz CT molecular complexity index is 937. The van der Waals surface area contributed by atoms with Crippen LogP contribution in [0.4, 0.5) is 11.4 Å². The number of carbonyl (C=O) groups is 1. The molecule has 1 aliphatic rings. The monoisotopic (exact) mass is 464 g/mol. The van der Waals surface area contributed by atoms with Crippen molar-refractivity contribution in [1.29, 1.82) is 0 Å². The molecule has 0 spiro atoms. The quantitative estimate of drug-likeness (QED) is 0.527. The van der Waals surface area contributed by atoms with E-state index in [0.29, 0.717) is 31.5 Å². The molecule has 0 saturated carbocycles. The normalized spacial score (nSPS) is 15.6. The van der Waals surface area contributed by atoms with E-state index in [9.17, 15) is 4.79 Å². The van der Waals surface area contributed by atoms with Gasteiger partial charge in [0.05, 0.1) is 17.8 Å². The molecule has 34 heavy (non-hydrogen) atoms. The van der Waals surface area contributed by atoms with E-state index in [4.69, 9.17) is 9.31 Å². The highest BCUT2D eigenvalue weighted by Gasteiger charge is 2.34. The van der Waals surface area contributed by atoms with Gasteiger partial charge in [0, 0.05) is 31.7 Å². The van der Waals surface area contributed by atoms with Crippen LogP contribution in [0.5, 0.6) is 0 Å². The average molecular weight is 464 g/mol. The van der Waals surface area contributed by atoms with Gasteiger partial charge >= 0.3 is 7.12 Å². The first-order valence-corrected chi connectivity index (χ1v) is 12.5. The number of nitrogens with one attached hydrogen (secondary N) is 1. The lowest BCUT2D eigenvalue weighted by molar-refractivity contribution is -0.115. The smallest absolute Gasteiger partial charge is 0.407 e. The fourth-order valence-corrected chi connectivity index (χ4v) is 4.20. The number of amides is 1. The van der Waals surface area contributed by atoms with Gasteiger partial charge in [-0.3, -0.25) is 4.79 Å². The molecule has 184 valence electrons. The molecule has 0 bridgehead atoms. The van der Waals surface area contributed by atoms with E-state index in [-0.39, 0.29) is 11.3 Å². The van der Waals surface area contributed by atoms with E-state index < -0.39 is 7.12 Å². The van der Waals surface area contributed by atoms with E-state index in [1.54, 1.807) is 0 Å². The van der Waals surface area contributed by atoms with Gasteiger partial charge in [0.15, 0.2) is 0 Å². The maximum absolute atomic E-state index is 13.1. The van der Waals surface area contributed by atoms with Gasteiger partial charge in [-0.25, -0.2) is 0 Å². The largest absolute Gasteiger partial charge is 0.493 e. The lowest BCUT2D eigenvalue weighted by atomic mass is 9.75. The summed E-state index contributed by atoms with van der Waals surface area (Å²) in [6.45, 7) is 18.3. The van der Waals surface area contributed by atoms with Gasteiger partial charge in [0.1, 0.15) is 0 Å². The van der Waals surface area contributed by atoms with Crippen LogP contribution in [0.3, 0.4) is 0 Å². The van der Waals surface area contributed by atoms with E-state index >= 15 is 0 Å². The molecule has 0 unspecified atom stereocenters. The highest BCUT2D eigenvalue weighted by Crippen LogP contribution is 2.28. The molecule has 5 nitrogen and oxygen atoms in total. The van der Waals surface area contributed by atoms with E-state index in [0.717, 1.165) is 35.5 Å². The number of aryl methyl sites for hydroxylation is 1. The maximum Gasteiger partial charge on any atom is 0.493 e. The van der Waals surface area contributed by atoms with Crippen molar-refractivity contribution in [1.82, 2.24) is 0 Å². The highest BCUT2D eigenvalue weighted by molar-refractivity contribution is 6.61. The topological polar surface area (TPSA) is 50.8 Å². The minimum atomic E-state index is -0.418. The first kappa shape index (κ1) is 26.3. The van der Waals surface area contributed by atoms with E-state index in [1.165, 1.54) is 5.56 Å². The van der Waals surface area contributed by atoms with Crippen LogP contribution in [-0.2, 0) is 20.5 Å². The van der Waals surface area contributed by atoms with Gasteiger partial charge in [0.25, 0.3) is 0 Å².